The predicted octanol–water partition coefficient (Wildman–Crippen LogP) is 3.06. The number of nitrogens with two attached hydrogens (primary N) is 1. The van der Waals surface area contributed by atoms with Crippen LogP contribution in [0.3, 0.4) is 0 Å². The molecule has 0 radical (unpaired) electrons. The van der Waals surface area contributed by atoms with Crippen molar-refractivity contribution in [1.82, 2.24) is 14.9 Å². The number of amides is 1. The number of nitrogens with zero attached hydrogens (tertiary/aromatic N) is 4. The van der Waals surface area contributed by atoms with Gasteiger partial charge in [0.1, 0.15) is 6.61 Å². The van der Waals surface area contributed by atoms with Crippen LogP contribution >= 0.6 is 11.8 Å². The van der Waals surface area contributed by atoms with Gasteiger partial charge in [0.15, 0.2) is 0 Å². The van der Waals surface area contributed by atoms with Crippen LogP contribution in [0.5, 0.6) is 5.88 Å². The van der Waals surface area contributed by atoms with Crippen LogP contribution in [0.4, 0.5) is 5.95 Å². The Bertz CT molecular complexity index is 1040. The minimum atomic E-state index is -0.454. The van der Waals surface area contributed by atoms with E-state index in [0.717, 1.165) is 41.5 Å². The third kappa shape index (κ3) is 5.53. The zero-order valence-electron chi connectivity index (χ0n) is 17.4. The van der Waals surface area contributed by atoms with E-state index in [9.17, 15) is 4.79 Å². The summed E-state index contributed by atoms with van der Waals surface area (Å²) in [7, 11) is 2.12. The number of aromatic nitrogens is 2. The van der Waals surface area contributed by atoms with E-state index < -0.39 is 5.91 Å². The Balaban J connectivity index is 1.59. The van der Waals surface area contributed by atoms with Crippen molar-refractivity contribution in [3.05, 3.63) is 71.9 Å². The van der Waals surface area contributed by atoms with Gasteiger partial charge in [-0.25, -0.2) is 4.98 Å². The Hall–Kier alpha value is -3.10. The largest absolute Gasteiger partial charge is 0.472 e. The number of benzene rings is 2. The maximum absolute atomic E-state index is 11.5. The van der Waals surface area contributed by atoms with Gasteiger partial charge in [-0.15, -0.1) is 0 Å². The van der Waals surface area contributed by atoms with Gasteiger partial charge >= 0.3 is 0 Å². The first-order chi connectivity index (χ1) is 15.1. The van der Waals surface area contributed by atoms with E-state index >= 15 is 0 Å². The number of hydrogen-bond donors (Lipinski definition) is 1. The van der Waals surface area contributed by atoms with Crippen LogP contribution in [0.25, 0.3) is 0 Å². The molecule has 3 aromatic rings. The normalized spacial score (nSPS) is 14.4. The highest BCUT2D eigenvalue weighted by atomic mass is 32.2. The van der Waals surface area contributed by atoms with Gasteiger partial charge in [-0.2, -0.15) is 4.98 Å². The molecule has 2 heterocycles. The number of primary amides is 1. The average molecular weight is 436 g/mol. The summed E-state index contributed by atoms with van der Waals surface area (Å²) in [6.45, 7) is 4.11. The zero-order chi connectivity index (χ0) is 21.6. The van der Waals surface area contributed by atoms with Crippen molar-refractivity contribution in [2.75, 3.05) is 38.1 Å². The Labute approximate surface area is 186 Å². The first kappa shape index (κ1) is 21.1. The van der Waals surface area contributed by atoms with E-state index in [1.165, 1.54) is 11.8 Å². The van der Waals surface area contributed by atoms with Crippen molar-refractivity contribution in [3.63, 3.8) is 0 Å². The van der Waals surface area contributed by atoms with Crippen molar-refractivity contribution in [1.29, 1.82) is 0 Å². The molecule has 1 aliphatic heterocycles. The van der Waals surface area contributed by atoms with Crippen molar-refractivity contribution >= 4 is 23.6 Å². The SMILES string of the molecule is CN1CCN(c2ncc(Sc3cccc(C(N)=O)c3)c(OCc3ccccc3)n2)CC1. The quantitative estimate of drug-likeness (QED) is 0.610. The Morgan fingerprint density at radius 1 is 1.10 bits per heavy atom. The number of hydrogen-bond acceptors (Lipinski definition) is 7. The van der Waals surface area contributed by atoms with Crippen molar-refractivity contribution in [2.45, 2.75) is 16.4 Å². The van der Waals surface area contributed by atoms with Gasteiger partial charge < -0.3 is 20.3 Å². The standard InChI is InChI=1S/C23H25N5O2S/c1-27-10-12-28(13-11-27)23-25-15-20(31-19-9-5-8-18(14-19)21(24)29)22(26-23)30-16-17-6-3-2-4-7-17/h2-9,14-15H,10-13,16H2,1H3,(H2,24,29). The molecule has 31 heavy (non-hydrogen) atoms. The molecular weight excluding hydrogens is 410 g/mol. The molecule has 0 unspecified atom stereocenters. The van der Waals surface area contributed by atoms with E-state index in [4.69, 9.17) is 15.5 Å². The molecule has 0 aliphatic carbocycles. The first-order valence-corrected chi connectivity index (χ1v) is 10.9. The van der Waals surface area contributed by atoms with E-state index in [-0.39, 0.29) is 0 Å². The van der Waals surface area contributed by atoms with E-state index in [2.05, 4.69) is 21.8 Å². The fraction of sp³-hybridized carbons (Fsp3) is 0.261. The monoisotopic (exact) mass is 435 g/mol. The van der Waals surface area contributed by atoms with Crippen molar-refractivity contribution in [3.8, 4) is 5.88 Å². The molecule has 1 aromatic heterocycles. The van der Waals surface area contributed by atoms with Gasteiger partial charge in [0.2, 0.25) is 17.7 Å². The molecule has 1 amide bonds. The van der Waals surface area contributed by atoms with Crippen LogP contribution in [-0.4, -0.2) is 54.0 Å². The molecule has 7 nitrogen and oxygen atoms in total. The number of ether oxygens (including phenoxy) is 1. The number of rotatable bonds is 7. The molecule has 1 fully saturated rings. The minimum Gasteiger partial charge on any atom is -0.472 e. The maximum Gasteiger partial charge on any atom is 0.248 e. The molecule has 4 rings (SSSR count). The fourth-order valence-electron chi connectivity index (χ4n) is 3.24. The van der Waals surface area contributed by atoms with Gasteiger partial charge in [-0.3, -0.25) is 4.79 Å². The molecule has 160 valence electrons. The number of anilines is 1. The lowest BCUT2D eigenvalue weighted by Crippen LogP contribution is -2.45. The molecule has 1 aliphatic rings. The third-order valence-corrected chi connectivity index (χ3v) is 6.05. The summed E-state index contributed by atoms with van der Waals surface area (Å²) < 4.78 is 6.13. The van der Waals surface area contributed by atoms with Crippen LogP contribution in [0, 0.1) is 0 Å². The van der Waals surface area contributed by atoms with Crippen molar-refractivity contribution < 1.29 is 9.53 Å². The third-order valence-electron chi connectivity index (χ3n) is 5.06. The number of carbonyl (C=O) groups is 1. The Morgan fingerprint density at radius 3 is 2.61 bits per heavy atom. The van der Waals surface area contributed by atoms with Gasteiger partial charge in [0.05, 0.1) is 11.1 Å². The summed E-state index contributed by atoms with van der Waals surface area (Å²) in [6, 6.07) is 17.2. The van der Waals surface area contributed by atoms with E-state index in [1.807, 2.05) is 42.5 Å². The van der Waals surface area contributed by atoms with Crippen LogP contribution in [-0.2, 0) is 6.61 Å². The Morgan fingerprint density at radius 2 is 1.87 bits per heavy atom. The summed E-state index contributed by atoms with van der Waals surface area (Å²) in [5.41, 5.74) is 6.95. The summed E-state index contributed by atoms with van der Waals surface area (Å²) in [4.78, 5) is 27.0. The second kappa shape index (κ2) is 9.80. The topological polar surface area (TPSA) is 84.6 Å². The molecule has 0 saturated carbocycles. The number of carbonyl (C=O) groups excluding carboxylic acids is 1. The van der Waals surface area contributed by atoms with E-state index in [1.54, 1.807) is 18.3 Å². The number of piperazine rings is 1. The first-order valence-electron chi connectivity index (χ1n) is 10.1. The summed E-state index contributed by atoms with van der Waals surface area (Å²) in [6.07, 6.45) is 1.79. The highest BCUT2D eigenvalue weighted by molar-refractivity contribution is 7.99. The molecule has 0 bridgehead atoms. The fourth-order valence-corrected chi connectivity index (χ4v) is 4.13. The zero-order valence-corrected chi connectivity index (χ0v) is 18.2. The van der Waals surface area contributed by atoms with Gasteiger partial charge in [0, 0.05) is 36.6 Å². The summed E-state index contributed by atoms with van der Waals surface area (Å²) in [5, 5.41) is 0. The van der Waals surface area contributed by atoms with Crippen LogP contribution in [0.15, 0.2) is 70.6 Å². The van der Waals surface area contributed by atoms with Gasteiger partial charge in [-0.1, -0.05) is 48.2 Å². The van der Waals surface area contributed by atoms with E-state index in [0.29, 0.717) is 24.0 Å². The van der Waals surface area contributed by atoms with Crippen molar-refractivity contribution in [2.24, 2.45) is 5.73 Å². The molecule has 8 heteroatoms. The lowest BCUT2D eigenvalue weighted by molar-refractivity contribution is 0.1000. The Kier molecular flexibility index (Phi) is 6.69. The second-order valence-corrected chi connectivity index (χ2v) is 8.51. The molecule has 2 N–H and O–H groups in total. The van der Waals surface area contributed by atoms with Gasteiger partial charge in [-0.05, 0) is 30.8 Å². The van der Waals surface area contributed by atoms with Crippen LogP contribution in [0.2, 0.25) is 0 Å². The molecular formula is C23H25N5O2S. The maximum atomic E-state index is 11.5. The van der Waals surface area contributed by atoms with Gasteiger partial charge in [0.25, 0.3) is 0 Å². The molecule has 2 aromatic carbocycles. The number of likely N-dealkylation sites (N-methyl/N-ethyl adjacent to an activating group) is 1. The van der Waals surface area contributed by atoms with Crippen LogP contribution < -0.4 is 15.4 Å². The van der Waals surface area contributed by atoms with Crippen LogP contribution in [0.1, 0.15) is 15.9 Å². The second-order valence-electron chi connectivity index (χ2n) is 7.40. The smallest absolute Gasteiger partial charge is 0.248 e. The lowest BCUT2D eigenvalue weighted by atomic mass is 10.2. The lowest BCUT2D eigenvalue weighted by Gasteiger charge is -2.32. The average Bonchev–Trinajstić information content (AvgIpc) is 2.80. The molecule has 0 atom stereocenters. The summed E-state index contributed by atoms with van der Waals surface area (Å²) >= 11 is 1.45. The highest BCUT2D eigenvalue weighted by Gasteiger charge is 2.19. The summed E-state index contributed by atoms with van der Waals surface area (Å²) in [5.74, 6) is 0.748. The minimum absolute atomic E-state index is 0.412. The predicted molar refractivity (Wildman–Crippen MR) is 122 cm³/mol. The highest BCUT2D eigenvalue weighted by Crippen LogP contribution is 2.35. The molecule has 0 spiro atoms. The molecule has 1 saturated heterocycles.